The van der Waals surface area contributed by atoms with E-state index >= 15 is 0 Å². The molecule has 2 fully saturated rings. The molecule has 0 radical (unpaired) electrons. The van der Waals surface area contributed by atoms with E-state index in [0.29, 0.717) is 5.01 Å². The highest BCUT2D eigenvalue weighted by Crippen LogP contribution is 2.34. The Bertz CT molecular complexity index is 1430. The van der Waals surface area contributed by atoms with E-state index in [4.69, 9.17) is 37.9 Å². The quantitative estimate of drug-likeness (QED) is 0.132. The zero-order chi connectivity index (χ0) is 36.2. The fourth-order valence-electron chi connectivity index (χ4n) is 5.50. The lowest BCUT2D eigenvalue weighted by Crippen LogP contribution is -2.70. The van der Waals surface area contributed by atoms with Crippen LogP contribution in [0.15, 0.2) is 24.3 Å². The highest BCUT2D eigenvalue weighted by molar-refractivity contribution is 6.21. The molecular weight excluding hydrogens is 660 g/mol. The number of hydrogen-bond donors (Lipinski definition) is 3. The van der Waals surface area contributed by atoms with E-state index in [9.17, 15) is 43.8 Å². The van der Waals surface area contributed by atoms with Crippen LogP contribution in [0.3, 0.4) is 0 Å². The third kappa shape index (κ3) is 8.74. The minimum absolute atomic E-state index is 0.0247. The summed E-state index contributed by atoms with van der Waals surface area (Å²) in [5.41, 5.74) is 2.70. The fraction of sp³-hybridized carbons (Fsp3) is 0.567. The molecule has 268 valence electrons. The third-order valence-corrected chi connectivity index (χ3v) is 7.45. The summed E-state index contributed by atoms with van der Waals surface area (Å²) in [5, 5.41) is 21.8. The Morgan fingerprint density at radius 2 is 1.16 bits per heavy atom. The van der Waals surface area contributed by atoms with Crippen molar-refractivity contribution in [3.8, 4) is 0 Å². The first kappa shape index (κ1) is 37.3. The normalized spacial score (nSPS) is 31.0. The Labute approximate surface area is 278 Å². The largest absolute Gasteiger partial charge is 0.463 e. The molecular formula is C30H36N2O17. The van der Waals surface area contributed by atoms with Crippen molar-refractivity contribution in [2.75, 3.05) is 13.2 Å². The van der Waals surface area contributed by atoms with Crippen molar-refractivity contribution in [1.82, 2.24) is 10.4 Å². The summed E-state index contributed by atoms with van der Waals surface area (Å²) in [6.45, 7) is 4.03. The van der Waals surface area contributed by atoms with Crippen LogP contribution in [0.5, 0.6) is 0 Å². The molecule has 0 aromatic heterocycles. The van der Waals surface area contributed by atoms with Gasteiger partial charge in [-0.15, -0.1) is 0 Å². The Kier molecular flexibility index (Phi) is 12.0. The molecule has 0 bridgehead atoms. The molecule has 19 heteroatoms. The van der Waals surface area contributed by atoms with Gasteiger partial charge in [0.15, 0.2) is 30.9 Å². The van der Waals surface area contributed by atoms with Gasteiger partial charge < -0.3 is 48.1 Å². The SMILES string of the molecule is CC(=O)OC[C@H]1O[C@H](O)[C@H](O)[C@@H](OC(C)=O)[C@@H]1O[C@@H]1O[C@H](COC(C)=O)[C@@H](OC(C)=O)[C@H](OC(C)=O)[C@H]1NN1C(=O)c2ccccc2C1=O. The number of aliphatic hydroxyl groups excluding tert-OH is 2. The molecule has 2 amide bonds. The lowest BCUT2D eigenvalue weighted by molar-refractivity contribution is -0.344. The number of amides is 2. The van der Waals surface area contributed by atoms with Crippen molar-refractivity contribution in [1.29, 1.82) is 0 Å². The van der Waals surface area contributed by atoms with Crippen LogP contribution in [0.2, 0.25) is 0 Å². The van der Waals surface area contributed by atoms with Crippen molar-refractivity contribution >= 4 is 41.7 Å². The second kappa shape index (κ2) is 15.8. The molecule has 0 spiro atoms. The number of hydrogen-bond acceptors (Lipinski definition) is 18. The summed E-state index contributed by atoms with van der Waals surface area (Å²) in [6.07, 6.45) is -15.2. The van der Waals surface area contributed by atoms with Gasteiger partial charge in [-0.2, -0.15) is 0 Å². The lowest BCUT2D eigenvalue weighted by atomic mass is 9.95. The third-order valence-electron chi connectivity index (χ3n) is 7.45. The molecule has 19 nitrogen and oxygen atoms in total. The van der Waals surface area contributed by atoms with E-state index in [-0.39, 0.29) is 11.1 Å². The number of esters is 5. The number of nitrogens with zero attached hydrogens (tertiary/aromatic N) is 1. The Morgan fingerprint density at radius 3 is 1.65 bits per heavy atom. The molecule has 3 aliphatic heterocycles. The topological polar surface area (TPSA) is 249 Å². The van der Waals surface area contributed by atoms with Gasteiger partial charge >= 0.3 is 29.8 Å². The predicted octanol–water partition coefficient (Wildman–Crippen LogP) is -1.73. The molecule has 0 aliphatic carbocycles. The lowest BCUT2D eigenvalue weighted by Gasteiger charge is -2.48. The Balaban J connectivity index is 1.82. The van der Waals surface area contributed by atoms with Gasteiger partial charge in [0.05, 0.1) is 11.1 Å². The van der Waals surface area contributed by atoms with Crippen LogP contribution in [0.25, 0.3) is 0 Å². The summed E-state index contributed by atoms with van der Waals surface area (Å²) in [4.78, 5) is 87.0. The maximum absolute atomic E-state index is 13.4. The van der Waals surface area contributed by atoms with E-state index in [0.717, 1.165) is 34.6 Å². The van der Waals surface area contributed by atoms with E-state index in [1.54, 1.807) is 0 Å². The van der Waals surface area contributed by atoms with Crippen molar-refractivity contribution in [3.05, 3.63) is 35.4 Å². The number of carbonyl (C=O) groups is 7. The number of nitrogens with one attached hydrogen (secondary N) is 1. The Morgan fingerprint density at radius 1 is 0.694 bits per heavy atom. The second-order valence-corrected chi connectivity index (χ2v) is 11.2. The minimum Gasteiger partial charge on any atom is -0.463 e. The summed E-state index contributed by atoms with van der Waals surface area (Å²) >= 11 is 0. The van der Waals surface area contributed by atoms with Crippen molar-refractivity contribution in [2.24, 2.45) is 0 Å². The molecule has 1 aromatic carbocycles. The fourth-order valence-corrected chi connectivity index (χ4v) is 5.50. The van der Waals surface area contributed by atoms with Gasteiger partial charge in [0, 0.05) is 34.6 Å². The van der Waals surface area contributed by atoms with E-state index in [1.807, 2.05) is 0 Å². The number of imide groups is 1. The number of aliphatic hydroxyl groups is 2. The van der Waals surface area contributed by atoms with Crippen molar-refractivity contribution in [2.45, 2.75) is 96.0 Å². The highest BCUT2D eigenvalue weighted by Gasteiger charge is 2.56. The van der Waals surface area contributed by atoms with Gasteiger partial charge in [0.2, 0.25) is 0 Å². The first-order valence-electron chi connectivity index (χ1n) is 14.9. The van der Waals surface area contributed by atoms with Crippen LogP contribution in [-0.4, -0.2) is 131 Å². The van der Waals surface area contributed by atoms with Crippen molar-refractivity contribution in [3.63, 3.8) is 0 Å². The molecule has 4 rings (SSSR count). The molecule has 0 unspecified atom stereocenters. The minimum atomic E-state index is -1.96. The molecule has 2 saturated heterocycles. The summed E-state index contributed by atoms with van der Waals surface area (Å²) in [7, 11) is 0. The smallest absolute Gasteiger partial charge is 0.303 e. The Hall–Kier alpha value is -4.53. The van der Waals surface area contributed by atoms with E-state index < -0.39 is 116 Å². The molecule has 3 aliphatic rings. The van der Waals surface area contributed by atoms with Gasteiger partial charge in [-0.1, -0.05) is 12.1 Å². The van der Waals surface area contributed by atoms with E-state index in [2.05, 4.69) is 5.43 Å². The van der Waals surface area contributed by atoms with Crippen molar-refractivity contribution < 1.29 is 81.7 Å². The number of benzene rings is 1. The number of hydrazine groups is 1. The van der Waals surface area contributed by atoms with E-state index in [1.165, 1.54) is 24.3 Å². The average Bonchev–Trinajstić information content (AvgIpc) is 3.25. The van der Waals surface area contributed by atoms with Gasteiger partial charge in [-0.25, -0.2) is 10.4 Å². The highest BCUT2D eigenvalue weighted by atomic mass is 16.7. The molecule has 10 atom stereocenters. The number of fused-ring (bicyclic) bond motifs is 1. The molecule has 49 heavy (non-hydrogen) atoms. The maximum atomic E-state index is 13.4. The first-order chi connectivity index (χ1) is 23.1. The average molecular weight is 697 g/mol. The molecule has 3 N–H and O–H groups in total. The standard InChI is InChI=1S/C30H36N2O17/c1-12(33)42-10-19-24(26(46-16(5)37)22(38)29(41)47-19)49-30-21(31-32-27(39)17-8-6-7-9-18(17)28(32)40)25(45-15(4)36)23(44-14(3)35)20(48-30)11-43-13(2)34/h6-9,19-26,29-31,38,41H,10-11H2,1-5H3/t19-,20-,21-,22-,23-,24-,25-,26-,29+,30+/m1/s1. The van der Waals surface area contributed by atoms with Crippen LogP contribution >= 0.6 is 0 Å². The second-order valence-electron chi connectivity index (χ2n) is 11.2. The monoisotopic (exact) mass is 696 g/mol. The van der Waals surface area contributed by atoms with Crippen LogP contribution in [0.1, 0.15) is 55.3 Å². The summed E-state index contributed by atoms with van der Waals surface area (Å²) in [6, 6.07) is 4.22. The van der Waals surface area contributed by atoms with Crippen LogP contribution < -0.4 is 5.43 Å². The zero-order valence-electron chi connectivity index (χ0n) is 27.0. The van der Waals surface area contributed by atoms with Crippen LogP contribution in [-0.2, 0) is 61.9 Å². The van der Waals surface area contributed by atoms with Crippen LogP contribution in [0, 0.1) is 0 Å². The number of ether oxygens (including phenoxy) is 8. The first-order valence-corrected chi connectivity index (χ1v) is 14.9. The zero-order valence-corrected chi connectivity index (χ0v) is 27.0. The number of rotatable bonds is 11. The summed E-state index contributed by atoms with van der Waals surface area (Å²) < 4.78 is 44.2. The predicted molar refractivity (Wildman–Crippen MR) is 154 cm³/mol. The molecule has 1 aromatic rings. The van der Waals surface area contributed by atoms with Gasteiger partial charge in [0.25, 0.3) is 11.8 Å². The summed E-state index contributed by atoms with van der Waals surface area (Å²) in [5.74, 6) is -5.92. The van der Waals surface area contributed by atoms with Gasteiger partial charge in [-0.05, 0) is 12.1 Å². The van der Waals surface area contributed by atoms with Crippen LogP contribution in [0.4, 0.5) is 0 Å². The molecule has 0 saturated carbocycles. The maximum Gasteiger partial charge on any atom is 0.303 e. The number of carbonyl (C=O) groups excluding carboxylic acids is 7. The van der Waals surface area contributed by atoms with Gasteiger partial charge in [0.1, 0.15) is 43.7 Å². The van der Waals surface area contributed by atoms with Gasteiger partial charge in [-0.3, -0.25) is 33.6 Å². The molecule has 3 heterocycles.